The van der Waals surface area contributed by atoms with Crippen LogP contribution in [0.5, 0.6) is 0 Å². The van der Waals surface area contributed by atoms with Gasteiger partial charge in [0, 0.05) is 38.2 Å². The molecule has 33 heavy (non-hydrogen) atoms. The first kappa shape index (κ1) is 25.3. The third-order valence-electron chi connectivity index (χ3n) is 4.73. The third kappa shape index (κ3) is 4.94. The van der Waals surface area contributed by atoms with Crippen LogP contribution in [0.2, 0.25) is 0 Å². The molecule has 2 rings (SSSR count). The minimum Gasteiger partial charge on any atom is -0.247 e. The Morgan fingerprint density at radius 1 is 0.545 bits per heavy atom. The molecular weight excluding hydrogens is 432 g/mol. The fourth-order valence-corrected chi connectivity index (χ4v) is 3.20. The molecule has 0 aliphatic carbocycles. The molecule has 12 nitrogen and oxygen atoms in total. The molecule has 0 unspecified atom stereocenters. The largest absolute Gasteiger partial charge is 0.344 e. The predicted octanol–water partition coefficient (Wildman–Crippen LogP) is -0.371. The number of rotatable bonds is 10. The lowest BCUT2D eigenvalue weighted by atomic mass is 10.4. The molecule has 0 aliphatic heterocycles. The molecule has 0 spiro atoms. The lowest BCUT2D eigenvalue weighted by Crippen LogP contribution is -2.53. The Kier molecular flexibility index (Phi) is 8.49. The Morgan fingerprint density at radius 3 is 1.24 bits per heavy atom. The molecule has 0 aliphatic rings. The molecule has 2 heterocycles. The van der Waals surface area contributed by atoms with Gasteiger partial charge in [-0.1, -0.05) is 27.4 Å². The average Bonchev–Trinajstić information content (AvgIpc) is 2.79. The van der Waals surface area contributed by atoms with Crippen molar-refractivity contribution in [2.24, 2.45) is 0 Å². The smallest absolute Gasteiger partial charge is 0.247 e. The van der Waals surface area contributed by atoms with E-state index in [4.69, 9.17) is 0 Å². The van der Waals surface area contributed by atoms with Gasteiger partial charge in [0.05, 0.1) is 0 Å². The zero-order valence-electron chi connectivity index (χ0n) is 19.0. The van der Waals surface area contributed by atoms with Crippen LogP contribution in [-0.2, 0) is 19.6 Å². The van der Waals surface area contributed by atoms with Gasteiger partial charge in [0.25, 0.3) is 0 Å². The predicted molar refractivity (Wildman–Crippen MR) is 126 cm³/mol. The summed E-state index contributed by atoms with van der Waals surface area (Å²) in [5.41, 5.74) is -4.76. The molecule has 178 valence electrons. The summed E-state index contributed by atoms with van der Waals surface area (Å²) in [6, 6.07) is 0. The average molecular weight is 460 g/mol. The second kappa shape index (κ2) is 11.1. The van der Waals surface area contributed by atoms with Crippen molar-refractivity contribution in [3.8, 4) is 0 Å². The lowest BCUT2D eigenvalue weighted by Gasteiger charge is -2.10. The molecule has 0 fully saturated rings. The first-order chi connectivity index (χ1) is 15.7. The van der Waals surface area contributed by atoms with Crippen LogP contribution in [0.1, 0.15) is 40.0 Å². The highest BCUT2D eigenvalue weighted by Gasteiger charge is 2.13. The van der Waals surface area contributed by atoms with E-state index in [9.17, 15) is 28.8 Å². The molecule has 0 aromatic carbocycles. The quantitative estimate of drug-likeness (QED) is 0.445. The van der Waals surface area contributed by atoms with Crippen LogP contribution < -0.4 is 34.1 Å². The second-order valence-electron chi connectivity index (χ2n) is 7.13. The monoisotopic (exact) mass is 460 g/mol. The molecule has 2 aromatic rings. The first-order valence-corrected chi connectivity index (χ1v) is 10.7. The Bertz CT molecular complexity index is 1400. The molecule has 0 saturated carbocycles. The summed E-state index contributed by atoms with van der Waals surface area (Å²) >= 11 is 0. The van der Waals surface area contributed by atoms with E-state index in [0.717, 1.165) is 41.4 Å². The van der Waals surface area contributed by atoms with Gasteiger partial charge >= 0.3 is 34.1 Å². The van der Waals surface area contributed by atoms with E-state index < -0.39 is 34.1 Å². The van der Waals surface area contributed by atoms with Crippen LogP contribution in [0.4, 0.5) is 0 Å². The molecule has 0 saturated heterocycles. The van der Waals surface area contributed by atoms with E-state index >= 15 is 0 Å². The second-order valence-corrected chi connectivity index (χ2v) is 7.13. The maximum absolute atomic E-state index is 12.6. The topological polar surface area (TPSA) is 132 Å². The van der Waals surface area contributed by atoms with Crippen molar-refractivity contribution in [1.82, 2.24) is 27.4 Å². The number of hydrogen-bond acceptors (Lipinski definition) is 6. The van der Waals surface area contributed by atoms with Gasteiger partial charge in [0.1, 0.15) is 0 Å². The van der Waals surface area contributed by atoms with Crippen LogP contribution in [0, 0.1) is 0 Å². The van der Waals surface area contributed by atoms with Crippen LogP contribution in [0.3, 0.4) is 0 Å². The highest BCUT2D eigenvalue weighted by atomic mass is 16.2. The van der Waals surface area contributed by atoms with E-state index in [2.05, 4.69) is 6.58 Å². The summed E-state index contributed by atoms with van der Waals surface area (Å²) in [5.74, 6) is 0. The molecule has 0 bridgehead atoms. The molecular formula is C21H28N6O6. The normalized spacial score (nSPS) is 11.6. The Hall–Kier alpha value is -3.96. The summed E-state index contributed by atoms with van der Waals surface area (Å²) in [6.45, 7) is 9.23. The van der Waals surface area contributed by atoms with E-state index in [1.807, 2.05) is 0 Å². The van der Waals surface area contributed by atoms with Crippen molar-refractivity contribution >= 4 is 18.6 Å². The molecule has 0 radical (unpaired) electrons. The number of aromatic nitrogens is 6. The van der Waals surface area contributed by atoms with Crippen molar-refractivity contribution in [1.29, 1.82) is 0 Å². The van der Waals surface area contributed by atoms with Crippen molar-refractivity contribution in [3.05, 3.63) is 81.6 Å². The summed E-state index contributed by atoms with van der Waals surface area (Å²) in [4.78, 5) is 75.1. The van der Waals surface area contributed by atoms with Gasteiger partial charge in [-0.2, -0.15) is 0 Å². The fraction of sp³-hybridized carbons (Fsp3) is 0.429. The number of allylic oxidation sites excluding steroid dienone is 2. The molecule has 12 heteroatoms. The van der Waals surface area contributed by atoms with Crippen molar-refractivity contribution in [2.45, 2.75) is 59.7 Å². The highest BCUT2D eigenvalue weighted by molar-refractivity contribution is 5.35. The molecule has 0 atom stereocenters. The summed E-state index contributed by atoms with van der Waals surface area (Å²) in [6.07, 6.45) is 7.37. The van der Waals surface area contributed by atoms with Gasteiger partial charge in [0.2, 0.25) is 0 Å². The van der Waals surface area contributed by atoms with Gasteiger partial charge in [0.15, 0.2) is 0 Å². The van der Waals surface area contributed by atoms with Gasteiger partial charge in [-0.05, 0) is 31.4 Å². The van der Waals surface area contributed by atoms with Gasteiger partial charge in [-0.3, -0.25) is 0 Å². The summed E-state index contributed by atoms with van der Waals surface area (Å²) in [7, 11) is 0. The zero-order valence-corrected chi connectivity index (χ0v) is 19.0. The van der Waals surface area contributed by atoms with Gasteiger partial charge in [-0.25, -0.2) is 56.2 Å². The number of nitrogens with zero attached hydrogens (tertiary/aromatic N) is 6. The first-order valence-electron chi connectivity index (χ1n) is 10.7. The van der Waals surface area contributed by atoms with Crippen LogP contribution in [0.15, 0.2) is 47.5 Å². The molecule has 0 N–H and O–H groups in total. The van der Waals surface area contributed by atoms with Crippen LogP contribution >= 0.6 is 0 Å². The SMILES string of the molecule is C=Cn1c(=O)n(/C=C/C=C/n2c(=O)n(CCC)c(=O)n(CCC)c2=O)c(=O)n(CCC)c1=O. The van der Waals surface area contributed by atoms with Crippen LogP contribution in [-0.4, -0.2) is 27.4 Å². The van der Waals surface area contributed by atoms with E-state index in [1.165, 1.54) is 12.2 Å². The van der Waals surface area contributed by atoms with Crippen LogP contribution in [0.25, 0.3) is 18.6 Å². The Balaban J connectivity index is 2.61. The van der Waals surface area contributed by atoms with E-state index in [1.54, 1.807) is 20.8 Å². The minimum atomic E-state index is -0.907. The molecule has 0 amide bonds. The minimum absolute atomic E-state index is 0.112. The lowest BCUT2D eigenvalue weighted by molar-refractivity contribution is 0.486. The van der Waals surface area contributed by atoms with E-state index in [-0.39, 0.29) is 19.6 Å². The third-order valence-corrected chi connectivity index (χ3v) is 4.73. The standard InChI is InChI=1S/C21H28N6O6/c1-5-11-23-16(28)22(8-4)17(29)26(19(23)31)14-9-10-15-27-20(32)24(12-6-2)18(30)25(13-7-3)21(27)33/h8-10,14-15H,4-7,11-13H2,1-3H3/b14-9+,15-10+. The zero-order chi connectivity index (χ0) is 24.7. The maximum atomic E-state index is 12.6. The van der Waals surface area contributed by atoms with Crippen molar-refractivity contribution in [3.63, 3.8) is 0 Å². The molecule has 2 aromatic heterocycles. The van der Waals surface area contributed by atoms with Gasteiger partial charge in [-0.15, -0.1) is 0 Å². The van der Waals surface area contributed by atoms with Crippen molar-refractivity contribution in [2.75, 3.05) is 0 Å². The Morgan fingerprint density at radius 2 is 0.879 bits per heavy atom. The summed E-state index contributed by atoms with van der Waals surface area (Å²) in [5, 5.41) is 0. The van der Waals surface area contributed by atoms with Gasteiger partial charge < -0.3 is 0 Å². The number of hydrogen-bond donors (Lipinski definition) is 0. The highest BCUT2D eigenvalue weighted by Crippen LogP contribution is 1.87. The van der Waals surface area contributed by atoms with Crippen molar-refractivity contribution < 1.29 is 0 Å². The Labute approximate surface area is 187 Å². The van der Waals surface area contributed by atoms with E-state index in [0.29, 0.717) is 23.8 Å². The maximum Gasteiger partial charge on any atom is 0.344 e. The summed E-state index contributed by atoms with van der Waals surface area (Å²) < 4.78 is 5.10. The fourth-order valence-electron chi connectivity index (χ4n) is 3.20.